The highest BCUT2D eigenvalue weighted by atomic mass is 16.7. The average Bonchev–Trinajstić information content (AvgIpc) is 2.39. The predicted molar refractivity (Wildman–Crippen MR) is 65.3 cm³/mol. The van der Waals surface area contributed by atoms with Crippen molar-refractivity contribution in [3.8, 4) is 0 Å². The molecule has 0 atom stereocenters. The van der Waals surface area contributed by atoms with Crippen LogP contribution in [-0.4, -0.2) is 12.3 Å². The maximum absolute atomic E-state index is 11.5. The summed E-state index contributed by atoms with van der Waals surface area (Å²) in [6.07, 6.45) is 11.3. The Kier molecular flexibility index (Phi) is 5.14. The molecular formula is C14H23O3. The molecular weight excluding hydrogens is 216 g/mol. The zero-order chi connectivity index (χ0) is 11.9. The van der Waals surface area contributed by atoms with Gasteiger partial charge in [-0.25, -0.2) is 4.79 Å². The molecule has 3 nitrogen and oxygen atoms in total. The van der Waals surface area contributed by atoms with Crippen molar-refractivity contribution in [3.05, 3.63) is 6.61 Å². The minimum Gasteiger partial charge on any atom is -0.431 e. The molecule has 0 amide bonds. The first-order valence-corrected chi connectivity index (χ1v) is 7.05. The van der Waals surface area contributed by atoms with E-state index in [-0.39, 0.29) is 6.10 Å². The van der Waals surface area contributed by atoms with E-state index >= 15 is 0 Å². The van der Waals surface area contributed by atoms with Gasteiger partial charge in [-0.2, -0.15) is 0 Å². The number of hydrogen-bond donors (Lipinski definition) is 0. The van der Waals surface area contributed by atoms with Gasteiger partial charge in [-0.05, 0) is 44.4 Å². The first-order valence-electron chi connectivity index (χ1n) is 7.05. The van der Waals surface area contributed by atoms with E-state index < -0.39 is 6.16 Å². The molecule has 0 unspecified atom stereocenters. The monoisotopic (exact) mass is 239 g/mol. The Labute approximate surface area is 104 Å². The number of hydrogen-bond acceptors (Lipinski definition) is 3. The molecule has 1 radical (unpaired) electrons. The second-order valence-corrected chi connectivity index (χ2v) is 5.28. The van der Waals surface area contributed by atoms with Gasteiger partial charge in [0.25, 0.3) is 0 Å². The lowest BCUT2D eigenvalue weighted by Crippen LogP contribution is -2.22. The van der Waals surface area contributed by atoms with Crippen molar-refractivity contribution in [3.63, 3.8) is 0 Å². The molecule has 2 saturated carbocycles. The van der Waals surface area contributed by atoms with Crippen molar-refractivity contribution >= 4 is 6.16 Å². The Hall–Kier alpha value is -0.730. The summed E-state index contributed by atoms with van der Waals surface area (Å²) < 4.78 is 10.4. The van der Waals surface area contributed by atoms with Crippen LogP contribution in [0.4, 0.5) is 4.79 Å². The summed E-state index contributed by atoms with van der Waals surface area (Å²) in [5.41, 5.74) is 0. The lowest BCUT2D eigenvalue weighted by Gasteiger charge is -2.23. The molecule has 0 saturated heterocycles. The van der Waals surface area contributed by atoms with Gasteiger partial charge in [0.2, 0.25) is 0 Å². The van der Waals surface area contributed by atoms with E-state index in [1.807, 2.05) is 0 Å². The molecule has 97 valence electrons. The molecule has 0 aromatic rings. The summed E-state index contributed by atoms with van der Waals surface area (Å²) in [6, 6.07) is 0. The van der Waals surface area contributed by atoms with Gasteiger partial charge < -0.3 is 9.47 Å². The maximum atomic E-state index is 11.5. The number of rotatable bonds is 3. The van der Waals surface area contributed by atoms with Gasteiger partial charge in [-0.15, -0.1) is 0 Å². The van der Waals surface area contributed by atoms with Crippen molar-refractivity contribution in [2.24, 2.45) is 5.92 Å². The third-order valence-corrected chi connectivity index (χ3v) is 3.82. The molecule has 0 N–H and O–H groups in total. The predicted octanol–water partition coefficient (Wildman–Crippen LogP) is 4.21. The lowest BCUT2D eigenvalue weighted by molar-refractivity contribution is 0.0180. The zero-order valence-electron chi connectivity index (χ0n) is 10.5. The summed E-state index contributed by atoms with van der Waals surface area (Å²) in [4.78, 5) is 11.5. The highest BCUT2D eigenvalue weighted by molar-refractivity contribution is 5.60. The summed E-state index contributed by atoms with van der Waals surface area (Å²) in [5.74, 6) is 0.447. The van der Waals surface area contributed by atoms with Crippen LogP contribution >= 0.6 is 0 Å². The van der Waals surface area contributed by atoms with Crippen LogP contribution in [0.1, 0.15) is 64.2 Å². The van der Waals surface area contributed by atoms with E-state index in [0.717, 1.165) is 25.7 Å². The lowest BCUT2D eigenvalue weighted by atomic mass is 9.90. The Morgan fingerprint density at radius 1 is 0.882 bits per heavy atom. The first-order chi connectivity index (χ1) is 8.34. The molecule has 2 fully saturated rings. The summed E-state index contributed by atoms with van der Waals surface area (Å²) in [6.45, 7) is 1.70. The van der Waals surface area contributed by atoms with Crippen LogP contribution < -0.4 is 0 Å². The molecule has 17 heavy (non-hydrogen) atoms. The Morgan fingerprint density at radius 2 is 1.47 bits per heavy atom. The highest BCUT2D eigenvalue weighted by Crippen LogP contribution is 2.26. The standard InChI is InChI=1S/C14H23O3/c15-14(17-13-9-5-2-6-10-13)16-11-12-7-3-1-4-8-12/h11-13H,1-10H2. The van der Waals surface area contributed by atoms with Crippen LogP contribution in [0.3, 0.4) is 0 Å². The Morgan fingerprint density at radius 3 is 2.12 bits per heavy atom. The first kappa shape index (κ1) is 12.7. The second-order valence-electron chi connectivity index (χ2n) is 5.28. The van der Waals surface area contributed by atoms with Crippen LogP contribution in [0.25, 0.3) is 0 Å². The fourth-order valence-electron chi connectivity index (χ4n) is 2.77. The van der Waals surface area contributed by atoms with Crippen molar-refractivity contribution in [2.75, 3.05) is 0 Å². The topological polar surface area (TPSA) is 35.5 Å². The molecule has 2 rings (SSSR count). The quantitative estimate of drug-likeness (QED) is 0.692. The molecule has 0 spiro atoms. The van der Waals surface area contributed by atoms with Crippen molar-refractivity contribution in [1.82, 2.24) is 0 Å². The number of carbonyl (C=O) groups excluding carboxylic acids is 1. The molecule has 0 aromatic carbocycles. The molecule has 3 heteroatoms. The largest absolute Gasteiger partial charge is 0.508 e. The molecule has 0 bridgehead atoms. The van der Waals surface area contributed by atoms with Gasteiger partial charge in [0.05, 0.1) is 0 Å². The van der Waals surface area contributed by atoms with Crippen LogP contribution in [0, 0.1) is 12.5 Å². The van der Waals surface area contributed by atoms with Gasteiger partial charge >= 0.3 is 6.16 Å². The van der Waals surface area contributed by atoms with Gasteiger partial charge in [-0.1, -0.05) is 25.7 Å². The minimum absolute atomic E-state index is 0.0935. The SMILES string of the molecule is O=C(O[CH]C1CCCCC1)OC1CCCCC1. The minimum atomic E-state index is -0.498. The van der Waals surface area contributed by atoms with Gasteiger partial charge in [0.15, 0.2) is 0 Å². The average molecular weight is 239 g/mol. The number of ether oxygens (including phenoxy) is 2. The van der Waals surface area contributed by atoms with E-state index in [9.17, 15) is 4.79 Å². The van der Waals surface area contributed by atoms with Gasteiger partial charge in [-0.3, -0.25) is 0 Å². The fourth-order valence-corrected chi connectivity index (χ4v) is 2.77. The van der Waals surface area contributed by atoms with Crippen molar-refractivity contribution in [2.45, 2.75) is 70.3 Å². The molecule has 0 aromatic heterocycles. The van der Waals surface area contributed by atoms with Crippen LogP contribution in [0.5, 0.6) is 0 Å². The van der Waals surface area contributed by atoms with E-state index in [1.165, 1.54) is 38.5 Å². The van der Waals surface area contributed by atoms with Crippen molar-refractivity contribution in [1.29, 1.82) is 0 Å². The third-order valence-electron chi connectivity index (χ3n) is 3.82. The zero-order valence-corrected chi connectivity index (χ0v) is 10.5. The second kappa shape index (κ2) is 6.87. The van der Waals surface area contributed by atoms with Crippen LogP contribution in [-0.2, 0) is 9.47 Å². The highest BCUT2D eigenvalue weighted by Gasteiger charge is 2.20. The molecule has 0 aliphatic heterocycles. The van der Waals surface area contributed by atoms with E-state index in [0.29, 0.717) is 5.92 Å². The Bertz CT molecular complexity index is 228. The Balaban J connectivity index is 1.59. The van der Waals surface area contributed by atoms with E-state index in [1.54, 1.807) is 6.61 Å². The summed E-state index contributed by atoms with van der Waals surface area (Å²) >= 11 is 0. The fraction of sp³-hybridized carbons (Fsp3) is 0.857. The molecule has 2 aliphatic rings. The molecule has 0 heterocycles. The summed E-state index contributed by atoms with van der Waals surface area (Å²) in [5, 5.41) is 0. The van der Waals surface area contributed by atoms with Crippen molar-refractivity contribution < 1.29 is 14.3 Å². The normalized spacial score (nSPS) is 23.3. The van der Waals surface area contributed by atoms with Crippen LogP contribution in [0.15, 0.2) is 0 Å². The van der Waals surface area contributed by atoms with Gasteiger partial charge in [0, 0.05) is 0 Å². The smallest absolute Gasteiger partial charge is 0.431 e. The van der Waals surface area contributed by atoms with E-state index in [4.69, 9.17) is 9.47 Å². The maximum Gasteiger partial charge on any atom is 0.508 e. The number of carbonyl (C=O) groups is 1. The van der Waals surface area contributed by atoms with Gasteiger partial charge in [0.1, 0.15) is 12.7 Å². The molecule has 2 aliphatic carbocycles. The van der Waals surface area contributed by atoms with E-state index in [2.05, 4.69) is 0 Å². The van der Waals surface area contributed by atoms with Crippen LogP contribution in [0.2, 0.25) is 0 Å². The summed E-state index contributed by atoms with van der Waals surface area (Å²) in [7, 11) is 0. The third kappa shape index (κ3) is 4.57.